The summed E-state index contributed by atoms with van der Waals surface area (Å²) in [7, 11) is 1.89. The quantitative estimate of drug-likeness (QED) is 0.927. The van der Waals surface area contributed by atoms with Gasteiger partial charge in [-0.1, -0.05) is 23.8 Å². The van der Waals surface area contributed by atoms with Crippen molar-refractivity contribution >= 4 is 5.69 Å². The van der Waals surface area contributed by atoms with Crippen LogP contribution in [0.1, 0.15) is 17.2 Å². The largest absolute Gasteiger partial charge is 0.373 e. The lowest BCUT2D eigenvalue weighted by Gasteiger charge is -2.24. The van der Waals surface area contributed by atoms with E-state index in [1.165, 1.54) is 17.7 Å². The first-order valence-corrected chi connectivity index (χ1v) is 6.45. The van der Waals surface area contributed by atoms with Gasteiger partial charge in [0.1, 0.15) is 11.6 Å². The van der Waals surface area contributed by atoms with Crippen LogP contribution in [0.25, 0.3) is 0 Å². The van der Waals surface area contributed by atoms with Crippen LogP contribution in [0.2, 0.25) is 0 Å². The van der Waals surface area contributed by atoms with Crippen LogP contribution in [0.15, 0.2) is 42.5 Å². The molecule has 0 heterocycles. The summed E-state index contributed by atoms with van der Waals surface area (Å²) < 4.78 is 26.6. The minimum Gasteiger partial charge on any atom is -0.373 e. The molecule has 2 aromatic carbocycles. The van der Waals surface area contributed by atoms with E-state index in [1.54, 1.807) is 0 Å². The van der Waals surface area contributed by atoms with Crippen LogP contribution in [-0.4, -0.2) is 13.6 Å². The van der Waals surface area contributed by atoms with E-state index >= 15 is 0 Å². The molecule has 2 nitrogen and oxygen atoms in total. The lowest BCUT2D eigenvalue weighted by Crippen LogP contribution is -2.29. The fraction of sp³-hybridized carbons (Fsp3) is 0.250. The topological polar surface area (TPSA) is 29.3 Å². The van der Waals surface area contributed by atoms with Gasteiger partial charge in [0.05, 0.1) is 6.04 Å². The van der Waals surface area contributed by atoms with E-state index in [9.17, 15) is 8.78 Å². The molecule has 0 fully saturated rings. The maximum Gasteiger partial charge on any atom is 0.130 e. The summed E-state index contributed by atoms with van der Waals surface area (Å²) in [6.07, 6.45) is 0. The zero-order chi connectivity index (χ0) is 14.7. The molecule has 0 radical (unpaired) electrons. The summed E-state index contributed by atoms with van der Waals surface area (Å²) in [5.41, 5.74) is 8.52. The molecule has 0 amide bonds. The molecule has 1 unspecified atom stereocenters. The fourth-order valence-electron chi connectivity index (χ4n) is 2.10. The van der Waals surface area contributed by atoms with Crippen LogP contribution in [-0.2, 0) is 0 Å². The molecule has 2 rings (SSSR count). The van der Waals surface area contributed by atoms with E-state index in [4.69, 9.17) is 5.73 Å². The molecule has 4 heteroatoms. The minimum atomic E-state index is -0.602. The Hall–Kier alpha value is -1.94. The first kappa shape index (κ1) is 14.5. The molecule has 0 saturated carbocycles. The van der Waals surface area contributed by atoms with Gasteiger partial charge in [0.25, 0.3) is 0 Å². The Bertz CT molecular complexity index is 582. The van der Waals surface area contributed by atoms with Gasteiger partial charge in [0, 0.05) is 30.9 Å². The van der Waals surface area contributed by atoms with Gasteiger partial charge >= 0.3 is 0 Å². The van der Waals surface area contributed by atoms with Crippen molar-refractivity contribution in [3.63, 3.8) is 0 Å². The lowest BCUT2D eigenvalue weighted by atomic mass is 10.1. The Kier molecular flexibility index (Phi) is 4.35. The lowest BCUT2D eigenvalue weighted by molar-refractivity contribution is 0.554. The number of hydrogen-bond acceptors (Lipinski definition) is 2. The summed E-state index contributed by atoms with van der Waals surface area (Å²) >= 11 is 0. The van der Waals surface area contributed by atoms with Crippen molar-refractivity contribution in [2.24, 2.45) is 5.73 Å². The van der Waals surface area contributed by atoms with Crippen LogP contribution in [0.5, 0.6) is 0 Å². The van der Waals surface area contributed by atoms with Gasteiger partial charge in [-0.3, -0.25) is 0 Å². The molecule has 0 spiro atoms. The third kappa shape index (κ3) is 3.33. The second-order valence-electron chi connectivity index (χ2n) is 4.99. The maximum absolute atomic E-state index is 13.7. The van der Waals surface area contributed by atoms with Crippen molar-refractivity contribution in [2.45, 2.75) is 13.0 Å². The molecular formula is C16H18F2N2. The highest BCUT2D eigenvalue weighted by molar-refractivity contribution is 5.47. The Balaban J connectivity index is 2.10. The number of halogens is 2. The van der Waals surface area contributed by atoms with Crippen LogP contribution in [0.4, 0.5) is 14.5 Å². The summed E-state index contributed by atoms with van der Waals surface area (Å²) in [5, 5.41) is 0. The third-order valence-electron chi connectivity index (χ3n) is 3.31. The predicted octanol–water partition coefficient (Wildman–Crippen LogP) is 3.41. The molecule has 20 heavy (non-hydrogen) atoms. The molecule has 2 aromatic rings. The number of aryl methyl sites for hydroxylation is 1. The molecular weight excluding hydrogens is 258 g/mol. The predicted molar refractivity (Wildman–Crippen MR) is 77.7 cm³/mol. The Labute approximate surface area is 117 Å². The zero-order valence-electron chi connectivity index (χ0n) is 11.6. The van der Waals surface area contributed by atoms with Crippen molar-refractivity contribution < 1.29 is 8.78 Å². The van der Waals surface area contributed by atoms with Gasteiger partial charge < -0.3 is 10.6 Å². The molecule has 2 N–H and O–H groups in total. The highest BCUT2D eigenvalue weighted by atomic mass is 19.1. The second kappa shape index (κ2) is 6.01. The molecule has 106 valence electrons. The number of nitrogens with zero attached hydrogens (tertiary/aromatic N) is 1. The standard InChI is InChI=1S/C16H18F2N2/c1-11-3-6-13(7-4-11)20(2)10-16(19)14-8-5-12(17)9-15(14)18/h3-9,16H,10,19H2,1-2H3. The number of benzene rings is 2. The van der Waals surface area contributed by atoms with E-state index in [0.29, 0.717) is 12.1 Å². The first-order valence-electron chi connectivity index (χ1n) is 6.45. The van der Waals surface area contributed by atoms with Crippen molar-refractivity contribution in [2.75, 3.05) is 18.5 Å². The number of rotatable bonds is 4. The zero-order valence-corrected chi connectivity index (χ0v) is 11.6. The summed E-state index contributed by atoms with van der Waals surface area (Å²) in [6, 6.07) is 11.0. The van der Waals surface area contributed by atoms with E-state index in [2.05, 4.69) is 0 Å². The Morgan fingerprint density at radius 3 is 2.35 bits per heavy atom. The highest BCUT2D eigenvalue weighted by Crippen LogP contribution is 2.20. The summed E-state index contributed by atoms with van der Waals surface area (Å²) in [5.74, 6) is -1.19. The average molecular weight is 276 g/mol. The van der Waals surface area contributed by atoms with Crippen LogP contribution in [0, 0.1) is 18.6 Å². The van der Waals surface area contributed by atoms with E-state index in [0.717, 1.165) is 11.8 Å². The van der Waals surface area contributed by atoms with Crippen molar-refractivity contribution in [1.82, 2.24) is 0 Å². The smallest absolute Gasteiger partial charge is 0.130 e. The normalized spacial score (nSPS) is 12.2. The van der Waals surface area contributed by atoms with Gasteiger partial charge in [0.15, 0.2) is 0 Å². The monoisotopic (exact) mass is 276 g/mol. The van der Waals surface area contributed by atoms with Gasteiger partial charge in [-0.05, 0) is 25.1 Å². The molecule has 0 aliphatic rings. The first-order chi connectivity index (χ1) is 9.47. The third-order valence-corrected chi connectivity index (χ3v) is 3.31. The van der Waals surface area contributed by atoms with Crippen molar-refractivity contribution in [3.8, 4) is 0 Å². The number of likely N-dealkylation sites (N-methyl/N-ethyl adjacent to an activating group) is 1. The Morgan fingerprint density at radius 1 is 1.10 bits per heavy atom. The molecule has 0 aromatic heterocycles. The van der Waals surface area contributed by atoms with E-state index in [-0.39, 0.29) is 0 Å². The number of anilines is 1. The van der Waals surface area contributed by atoms with Gasteiger partial charge in [-0.15, -0.1) is 0 Å². The summed E-state index contributed by atoms with van der Waals surface area (Å²) in [6.45, 7) is 2.47. The van der Waals surface area contributed by atoms with Crippen molar-refractivity contribution in [1.29, 1.82) is 0 Å². The van der Waals surface area contributed by atoms with Crippen LogP contribution in [0.3, 0.4) is 0 Å². The van der Waals surface area contributed by atoms with Crippen LogP contribution >= 0.6 is 0 Å². The van der Waals surface area contributed by atoms with E-state index < -0.39 is 17.7 Å². The molecule has 0 saturated heterocycles. The number of hydrogen-bond donors (Lipinski definition) is 1. The minimum absolute atomic E-state index is 0.324. The maximum atomic E-state index is 13.7. The van der Waals surface area contributed by atoms with Gasteiger partial charge in [-0.25, -0.2) is 8.78 Å². The fourth-order valence-corrected chi connectivity index (χ4v) is 2.10. The number of nitrogens with two attached hydrogens (primary N) is 1. The van der Waals surface area contributed by atoms with Crippen LogP contribution < -0.4 is 10.6 Å². The molecule has 0 aliphatic carbocycles. The second-order valence-corrected chi connectivity index (χ2v) is 4.99. The average Bonchev–Trinajstić information content (AvgIpc) is 2.39. The highest BCUT2D eigenvalue weighted by Gasteiger charge is 2.14. The van der Waals surface area contributed by atoms with E-state index in [1.807, 2.05) is 43.1 Å². The molecule has 0 aliphatic heterocycles. The van der Waals surface area contributed by atoms with Crippen molar-refractivity contribution in [3.05, 3.63) is 65.2 Å². The molecule has 0 bridgehead atoms. The SMILES string of the molecule is Cc1ccc(N(C)CC(N)c2ccc(F)cc2F)cc1. The van der Waals surface area contributed by atoms with Gasteiger partial charge in [0.2, 0.25) is 0 Å². The Morgan fingerprint density at radius 2 is 1.75 bits per heavy atom. The summed E-state index contributed by atoms with van der Waals surface area (Å²) in [4.78, 5) is 1.95. The molecule has 1 atom stereocenters. The van der Waals surface area contributed by atoms with Gasteiger partial charge in [-0.2, -0.15) is 0 Å².